The molecular weight excluding hydrogens is 512 g/mol. The van der Waals surface area contributed by atoms with Gasteiger partial charge in [-0.3, -0.25) is 9.59 Å². The number of allylic oxidation sites excluding steroid dienone is 2. The molecule has 1 amide bonds. The van der Waals surface area contributed by atoms with Gasteiger partial charge in [0.1, 0.15) is 0 Å². The number of nitrogens with zero attached hydrogens (tertiary/aromatic N) is 5. The monoisotopic (exact) mass is 548 g/mol. The van der Waals surface area contributed by atoms with Crippen LogP contribution in [0.15, 0.2) is 36.2 Å². The van der Waals surface area contributed by atoms with E-state index in [9.17, 15) is 9.59 Å². The maximum Gasteiger partial charge on any atom is 0.222 e. The number of amides is 1. The van der Waals surface area contributed by atoms with Crippen LogP contribution in [0.2, 0.25) is 0 Å². The van der Waals surface area contributed by atoms with E-state index in [0.29, 0.717) is 38.4 Å². The van der Waals surface area contributed by atoms with Crippen molar-refractivity contribution in [3.8, 4) is 11.3 Å². The molecule has 0 atom stereocenters. The van der Waals surface area contributed by atoms with E-state index in [1.807, 2.05) is 30.1 Å². The zero-order valence-corrected chi connectivity index (χ0v) is 23.5. The van der Waals surface area contributed by atoms with Crippen LogP contribution in [0.25, 0.3) is 21.5 Å². The summed E-state index contributed by atoms with van der Waals surface area (Å²) < 4.78 is 6.79. The van der Waals surface area contributed by atoms with Crippen molar-refractivity contribution in [3.63, 3.8) is 0 Å². The Morgan fingerprint density at radius 2 is 1.79 bits per heavy atom. The van der Waals surface area contributed by atoms with Crippen LogP contribution in [0.4, 0.5) is 11.6 Å². The van der Waals surface area contributed by atoms with E-state index in [1.54, 1.807) is 18.5 Å². The number of nitrogen functional groups attached to an aromatic ring is 1. The molecule has 0 spiro atoms. The third-order valence-electron chi connectivity index (χ3n) is 7.31. The van der Waals surface area contributed by atoms with Gasteiger partial charge in [-0.15, -0.1) is 11.3 Å². The summed E-state index contributed by atoms with van der Waals surface area (Å²) in [5.41, 5.74) is 10.5. The van der Waals surface area contributed by atoms with Gasteiger partial charge in [0.25, 0.3) is 0 Å². The van der Waals surface area contributed by atoms with E-state index in [-0.39, 0.29) is 17.6 Å². The number of ketones is 1. The third kappa shape index (κ3) is 6.62. The highest BCUT2D eigenvalue weighted by Crippen LogP contribution is 2.41. The lowest BCUT2D eigenvalue weighted by molar-refractivity contribution is -0.132. The molecule has 3 aromatic heterocycles. The van der Waals surface area contributed by atoms with Gasteiger partial charge in [-0.1, -0.05) is 5.57 Å². The van der Waals surface area contributed by atoms with Crippen molar-refractivity contribution in [1.82, 2.24) is 19.9 Å². The Labute approximate surface area is 233 Å². The number of nitrogens with two attached hydrogens (primary N) is 1. The largest absolute Gasteiger partial charge is 0.378 e. The van der Waals surface area contributed by atoms with Gasteiger partial charge in [-0.2, -0.15) is 0 Å². The van der Waals surface area contributed by atoms with Gasteiger partial charge >= 0.3 is 0 Å². The zero-order valence-electron chi connectivity index (χ0n) is 22.7. The van der Waals surface area contributed by atoms with E-state index < -0.39 is 0 Å². The van der Waals surface area contributed by atoms with Crippen LogP contribution in [0.5, 0.6) is 0 Å². The topological polar surface area (TPSA) is 115 Å². The number of likely N-dealkylation sites (tertiary alicyclic amines) is 1. The fourth-order valence-electron chi connectivity index (χ4n) is 5.26. The molecule has 0 saturated carbocycles. The van der Waals surface area contributed by atoms with Gasteiger partial charge in [0.05, 0.1) is 34.8 Å². The Morgan fingerprint density at radius 3 is 2.49 bits per heavy atom. The number of anilines is 2. The van der Waals surface area contributed by atoms with Crippen molar-refractivity contribution < 1.29 is 14.3 Å². The molecule has 2 fully saturated rings. The number of hydrogen-bond acceptors (Lipinski definition) is 9. The van der Waals surface area contributed by atoms with E-state index in [1.165, 1.54) is 15.3 Å². The number of thiophene rings is 1. The average Bonchev–Trinajstić information content (AvgIpc) is 3.37. The number of hydrogen-bond donors (Lipinski definition) is 1. The van der Waals surface area contributed by atoms with Crippen LogP contribution in [-0.2, 0) is 14.3 Å². The van der Waals surface area contributed by atoms with Gasteiger partial charge in [-0.05, 0) is 57.2 Å². The van der Waals surface area contributed by atoms with Crippen LogP contribution in [0.3, 0.4) is 0 Å². The van der Waals surface area contributed by atoms with Gasteiger partial charge < -0.3 is 20.3 Å². The van der Waals surface area contributed by atoms with E-state index in [2.05, 4.69) is 27.0 Å². The second kappa shape index (κ2) is 12.2. The maximum absolute atomic E-state index is 12.8. The molecule has 0 unspecified atom stereocenters. The van der Waals surface area contributed by atoms with Crippen molar-refractivity contribution >= 4 is 44.9 Å². The minimum Gasteiger partial charge on any atom is -0.378 e. The Bertz CT molecular complexity index is 1350. The third-order valence-corrected chi connectivity index (χ3v) is 8.62. The second-order valence-electron chi connectivity index (χ2n) is 10.5. The maximum atomic E-state index is 12.8. The predicted molar refractivity (Wildman–Crippen MR) is 155 cm³/mol. The Hall–Kier alpha value is -3.37. The van der Waals surface area contributed by atoms with Crippen molar-refractivity contribution in [2.45, 2.75) is 51.9 Å². The van der Waals surface area contributed by atoms with Crippen molar-refractivity contribution in [3.05, 3.63) is 41.1 Å². The number of pyridine rings is 1. The minimum absolute atomic E-state index is 0.100. The smallest absolute Gasteiger partial charge is 0.222 e. The average molecular weight is 549 g/mol. The molecule has 2 N–H and O–H groups in total. The first-order chi connectivity index (χ1) is 18.9. The van der Waals surface area contributed by atoms with Crippen molar-refractivity contribution in [1.29, 1.82) is 0 Å². The Kier molecular flexibility index (Phi) is 8.52. The molecule has 206 valence electrons. The molecule has 2 aliphatic rings. The van der Waals surface area contributed by atoms with Crippen LogP contribution in [-0.4, -0.2) is 70.9 Å². The zero-order chi connectivity index (χ0) is 27.4. The highest BCUT2D eigenvalue weighted by molar-refractivity contribution is 7.19. The van der Waals surface area contributed by atoms with Crippen LogP contribution in [0, 0.1) is 0 Å². The first-order valence-corrected chi connectivity index (χ1v) is 14.5. The number of aromatic nitrogens is 3. The summed E-state index contributed by atoms with van der Waals surface area (Å²) >= 11 is 1.82. The summed E-state index contributed by atoms with van der Waals surface area (Å²) in [6.45, 7) is 8.41. The van der Waals surface area contributed by atoms with Gasteiger partial charge in [0, 0.05) is 61.9 Å². The molecule has 5 heterocycles. The number of carbonyl (C=O) groups excluding carboxylic acids is 2. The summed E-state index contributed by atoms with van der Waals surface area (Å²) in [6.07, 6.45) is 8.43. The first-order valence-electron chi connectivity index (χ1n) is 13.7. The van der Waals surface area contributed by atoms with E-state index in [0.717, 1.165) is 61.4 Å². The number of ether oxygens (including phenoxy) is 1. The number of fused-ring (bicyclic) bond motifs is 1. The summed E-state index contributed by atoms with van der Waals surface area (Å²) in [5.74, 6) is 0.895. The van der Waals surface area contributed by atoms with Gasteiger partial charge in [0.15, 0.2) is 5.78 Å². The van der Waals surface area contributed by atoms with Gasteiger partial charge in [-0.25, -0.2) is 15.0 Å². The number of morpholine rings is 1. The molecule has 0 bridgehead atoms. The molecule has 0 aliphatic carbocycles. The molecular formula is C29H36N6O3S. The highest BCUT2D eigenvalue weighted by Gasteiger charge is 2.26. The van der Waals surface area contributed by atoms with Crippen molar-refractivity contribution in [2.75, 3.05) is 50.0 Å². The van der Waals surface area contributed by atoms with Crippen LogP contribution >= 0.6 is 11.3 Å². The molecule has 9 nitrogen and oxygen atoms in total. The normalized spacial score (nSPS) is 16.5. The van der Waals surface area contributed by atoms with E-state index in [4.69, 9.17) is 15.5 Å². The number of rotatable bonds is 8. The SMILES string of the molecule is CC(C)=CC(=O)CCCC(=O)N1CCC(c2cc3nc(-c4cnc(N)nc4)cc(N4CCOCC4)c3s2)CC1. The number of carbonyl (C=O) groups is 2. The molecule has 5 rings (SSSR count). The number of piperidine rings is 1. The Balaban J connectivity index is 1.29. The summed E-state index contributed by atoms with van der Waals surface area (Å²) in [4.78, 5) is 43.6. The van der Waals surface area contributed by atoms with Crippen molar-refractivity contribution in [2.24, 2.45) is 0 Å². The Morgan fingerprint density at radius 1 is 1.08 bits per heavy atom. The summed E-state index contributed by atoms with van der Waals surface area (Å²) in [6, 6.07) is 4.36. The first kappa shape index (κ1) is 27.2. The molecule has 2 saturated heterocycles. The second-order valence-corrected chi connectivity index (χ2v) is 11.6. The van der Waals surface area contributed by atoms with Gasteiger partial charge in [0.2, 0.25) is 11.9 Å². The molecule has 2 aliphatic heterocycles. The fraction of sp³-hybridized carbons (Fsp3) is 0.483. The summed E-state index contributed by atoms with van der Waals surface area (Å²) in [5, 5.41) is 0. The molecule has 0 aromatic carbocycles. The van der Waals surface area contributed by atoms with Crippen LogP contribution in [0.1, 0.15) is 56.7 Å². The molecule has 39 heavy (non-hydrogen) atoms. The quantitative estimate of drug-likeness (QED) is 0.407. The lowest BCUT2D eigenvalue weighted by atomic mass is 9.95. The lowest BCUT2D eigenvalue weighted by Gasteiger charge is -2.31. The lowest BCUT2D eigenvalue weighted by Crippen LogP contribution is -2.37. The molecule has 3 aromatic rings. The standard InChI is InChI=1S/C29H36N6O3S/c1-19(2)14-22(36)4-3-5-27(37)35-8-6-20(7-9-35)26-16-24-28(39-26)25(34-10-12-38-13-11-34)15-23(33-24)21-17-31-29(30)32-18-21/h14-18,20H,3-13H2,1-2H3,(H2,30,31,32). The summed E-state index contributed by atoms with van der Waals surface area (Å²) in [7, 11) is 0. The molecule has 0 radical (unpaired) electrons. The highest BCUT2D eigenvalue weighted by atomic mass is 32.1. The predicted octanol–water partition coefficient (Wildman–Crippen LogP) is 4.58. The molecule has 10 heteroatoms. The van der Waals surface area contributed by atoms with Crippen LogP contribution < -0.4 is 10.6 Å². The van der Waals surface area contributed by atoms with E-state index >= 15 is 0 Å². The fourth-order valence-corrected chi connectivity index (χ4v) is 6.57. The minimum atomic E-state index is 0.100.